The monoisotopic (exact) mass is 338 g/mol. The fourth-order valence-electron chi connectivity index (χ4n) is 1.89. The number of rotatable bonds is 5. The summed E-state index contributed by atoms with van der Waals surface area (Å²) in [5, 5.41) is 2.80. The number of carbonyl (C=O) groups excluding carboxylic acids is 1. The Balaban J connectivity index is 2.08. The van der Waals surface area contributed by atoms with Gasteiger partial charge in [0.05, 0.1) is 12.7 Å². The Morgan fingerprint density at radius 2 is 1.79 bits per heavy atom. The van der Waals surface area contributed by atoms with Gasteiger partial charge in [-0.15, -0.1) is 0 Å². The van der Waals surface area contributed by atoms with Gasteiger partial charge in [0.1, 0.15) is 11.6 Å². The van der Waals surface area contributed by atoms with Crippen molar-refractivity contribution in [1.82, 2.24) is 0 Å². The SMILES string of the molecule is COc1ccc(N/C=C/C(=O)c2ccc([18F])c(C(F)(F)F)c2)cc1. The van der Waals surface area contributed by atoms with E-state index < -0.39 is 23.3 Å². The van der Waals surface area contributed by atoms with Crippen molar-refractivity contribution in [3.05, 3.63) is 71.7 Å². The van der Waals surface area contributed by atoms with Gasteiger partial charge in [0.25, 0.3) is 0 Å². The molecule has 3 nitrogen and oxygen atoms in total. The molecular weight excluding hydrogens is 325 g/mol. The number of ether oxygens (including phenoxy) is 1. The second-order valence-electron chi connectivity index (χ2n) is 4.76. The van der Waals surface area contributed by atoms with E-state index in [9.17, 15) is 22.4 Å². The first kappa shape index (κ1) is 17.5. The van der Waals surface area contributed by atoms with Crippen molar-refractivity contribution < 1.29 is 27.1 Å². The third-order valence-corrected chi connectivity index (χ3v) is 3.13. The van der Waals surface area contributed by atoms with Crippen molar-refractivity contribution in [3.63, 3.8) is 0 Å². The van der Waals surface area contributed by atoms with Crippen molar-refractivity contribution >= 4 is 11.5 Å². The highest BCUT2D eigenvalue weighted by Gasteiger charge is 2.34. The highest BCUT2D eigenvalue weighted by atomic mass is 19.4. The Bertz CT molecular complexity index is 752. The van der Waals surface area contributed by atoms with E-state index in [4.69, 9.17) is 4.74 Å². The Labute approximate surface area is 135 Å². The summed E-state index contributed by atoms with van der Waals surface area (Å²) < 4.78 is 56.1. The van der Waals surface area contributed by atoms with Gasteiger partial charge < -0.3 is 10.1 Å². The van der Waals surface area contributed by atoms with Crippen LogP contribution < -0.4 is 10.1 Å². The summed E-state index contributed by atoms with van der Waals surface area (Å²) in [6.45, 7) is 0. The molecule has 0 aliphatic rings. The van der Waals surface area contributed by atoms with Crippen LogP contribution in [-0.4, -0.2) is 12.9 Å². The molecule has 0 aliphatic carbocycles. The Kier molecular flexibility index (Phi) is 5.23. The molecule has 0 bridgehead atoms. The number of methoxy groups -OCH3 is 1. The number of hydrogen-bond donors (Lipinski definition) is 1. The van der Waals surface area contributed by atoms with Crippen LogP contribution in [0.15, 0.2) is 54.7 Å². The molecule has 2 aromatic carbocycles. The number of carbonyl (C=O) groups is 1. The molecule has 0 unspecified atom stereocenters. The van der Waals surface area contributed by atoms with Crippen LogP contribution >= 0.6 is 0 Å². The quantitative estimate of drug-likeness (QED) is 0.489. The van der Waals surface area contributed by atoms with Crippen molar-refractivity contribution in [2.45, 2.75) is 6.18 Å². The maximum atomic E-state index is 13.2. The summed E-state index contributed by atoms with van der Waals surface area (Å²) in [5.41, 5.74) is -1.06. The summed E-state index contributed by atoms with van der Waals surface area (Å²) in [5.74, 6) is -1.44. The average Bonchev–Trinajstić information content (AvgIpc) is 2.54. The summed E-state index contributed by atoms with van der Waals surface area (Å²) in [4.78, 5) is 11.9. The molecule has 2 rings (SSSR count). The normalized spacial score (nSPS) is 11.5. The zero-order chi connectivity index (χ0) is 17.7. The smallest absolute Gasteiger partial charge is 0.419 e. The fraction of sp³-hybridized carbons (Fsp3) is 0.118. The minimum absolute atomic E-state index is 0.253. The molecule has 0 heterocycles. The van der Waals surface area contributed by atoms with Gasteiger partial charge in [-0.3, -0.25) is 4.79 Å². The molecule has 126 valence electrons. The van der Waals surface area contributed by atoms with E-state index in [1.54, 1.807) is 24.3 Å². The van der Waals surface area contributed by atoms with E-state index in [2.05, 4.69) is 5.32 Å². The lowest BCUT2D eigenvalue weighted by Crippen LogP contribution is -2.10. The molecule has 0 aliphatic heterocycles. The van der Waals surface area contributed by atoms with Gasteiger partial charge in [0.15, 0.2) is 5.78 Å². The van der Waals surface area contributed by atoms with Gasteiger partial charge in [-0.25, -0.2) is 4.39 Å². The van der Waals surface area contributed by atoms with E-state index in [1.807, 2.05) is 0 Å². The van der Waals surface area contributed by atoms with Crippen molar-refractivity contribution in [1.29, 1.82) is 0 Å². The molecule has 0 aromatic heterocycles. The van der Waals surface area contributed by atoms with Crippen LogP contribution in [-0.2, 0) is 6.18 Å². The highest BCUT2D eigenvalue weighted by Crippen LogP contribution is 2.32. The number of allylic oxidation sites excluding steroid dienone is 1. The van der Waals surface area contributed by atoms with Crippen LogP contribution in [0.3, 0.4) is 0 Å². The van der Waals surface area contributed by atoms with E-state index in [0.29, 0.717) is 23.6 Å². The minimum atomic E-state index is -4.86. The molecule has 0 saturated carbocycles. The number of alkyl halides is 3. The van der Waals surface area contributed by atoms with Gasteiger partial charge in [0, 0.05) is 23.5 Å². The standard InChI is InChI=1S/C17H13F4NO2/c1-24-13-5-3-12(4-6-13)22-9-8-16(23)11-2-7-15(18)14(10-11)17(19,20)21/h2-10,22H,1H3/b9-8+/i18-1. The number of ketones is 1. The summed E-state index contributed by atoms with van der Waals surface area (Å²) in [6, 6.07) is 8.93. The van der Waals surface area contributed by atoms with Crippen LogP contribution in [0.4, 0.5) is 23.2 Å². The first-order valence-corrected chi connectivity index (χ1v) is 6.79. The first-order chi connectivity index (χ1) is 11.3. The number of nitrogens with one attached hydrogen (secondary N) is 1. The Morgan fingerprint density at radius 1 is 1.12 bits per heavy atom. The van der Waals surface area contributed by atoms with Gasteiger partial charge >= 0.3 is 6.18 Å². The molecule has 24 heavy (non-hydrogen) atoms. The fourth-order valence-corrected chi connectivity index (χ4v) is 1.89. The van der Waals surface area contributed by atoms with Gasteiger partial charge in [-0.2, -0.15) is 13.2 Å². The second-order valence-corrected chi connectivity index (χ2v) is 4.76. The van der Waals surface area contributed by atoms with Crippen molar-refractivity contribution in [2.24, 2.45) is 0 Å². The summed E-state index contributed by atoms with van der Waals surface area (Å²) >= 11 is 0. The van der Waals surface area contributed by atoms with Crippen LogP contribution in [0.5, 0.6) is 5.75 Å². The third kappa shape index (κ3) is 4.34. The third-order valence-electron chi connectivity index (χ3n) is 3.13. The molecule has 7 heteroatoms. The Hall–Kier alpha value is -2.83. The second kappa shape index (κ2) is 7.16. The highest BCUT2D eigenvalue weighted by molar-refractivity contribution is 6.04. The van der Waals surface area contributed by atoms with Crippen molar-refractivity contribution in [2.75, 3.05) is 12.4 Å². The first-order valence-electron chi connectivity index (χ1n) is 6.79. The van der Waals surface area contributed by atoms with Crippen LogP contribution in [0.25, 0.3) is 0 Å². The van der Waals surface area contributed by atoms with Crippen LogP contribution in [0.2, 0.25) is 0 Å². The minimum Gasteiger partial charge on any atom is -0.497 e. The predicted octanol–water partition coefficient (Wildman–Crippen LogP) is 4.66. The van der Waals surface area contributed by atoms with Crippen molar-refractivity contribution in [3.8, 4) is 5.75 Å². The number of hydrogen-bond acceptors (Lipinski definition) is 3. The topological polar surface area (TPSA) is 38.3 Å². The maximum Gasteiger partial charge on any atom is 0.419 e. The molecule has 2 aromatic rings. The Morgan fingerprint density at radius 3 is 2.38 bits per heavy atom. The molecule has 0 atom stereocenters. The zero-order valence-corrected chi connectivity index (χ0v) is 12.5. The van der Waals surface area contributed by atoms with E-state index in [0.717, 1.165) is 12.1 Å². The lowest BCUT2D eigenvalue weighted by Gasteiger charge is -2.08. The van der Waals surface area contributed by atoms with E-state index in [1.165, 1.54) is 13.3 Å². The van der Waals surface area contributed by atoms with Gasteiger partial charge in [-0.1, -0.05) is 0 Å². The predicted molar refractivity (Wildman–Crippen MR) is 81.5 cm³/mol. The van der Waals surface area contributed by atoms with E-state index >= 15 is 0 Å². The summed E-state index contributed by atoms with van der Waals surface area (Å²) in [7, 11) is 1.53. The van der Waals surface area contributed by atoms with Crippen LogP contribution in [0.1, 0.15) is 15.9 Å². The number of benzene rings is 2. The molecule has 1 N–H and O–H groups in total. The summed E-state index contributed by atoms with van der Waals surface area (Å²) in [6.07, 6.45) is -2.50. The largest absolute Gasteiger partial charge is 0.497 e. The molecule has 0 fully saturated rings. The molecular formula is C17H13F4NO2. The molecule has 0 radical (unpaired) electrons. The number of halogens is 4. The molecule has 0 spiro atoms. The number of anilines is 1. The lowest BCUT2D eigenvalue weighted by molar-refractivity contribution is -0.140. The van der Waals surface area contributed by atoms with Gasteiger partial charge in [0.2, 0.25) is 0 Å². The molecule has 0 amide bonds. The van der Waals surface area contributed by atoms with Gasteiger partial charge in [-0.05, 0) is 42.5 Å². The maximum absolute atomic E-state index is 13.2. The lowest BCUT2D eigenvalue weighted by atomic mass is 10.1. The van der Waals surface area contributed by atoms with E-state index in [-0.39, 0.29) is 5.56 Å². The van der Waals surface area contributed by atoms with Crippen LogP contribution in [0, 0.1) is 5.82 Å². The molecule has 0 saturated heterocycles. The average molecular weight is 338 g/mol. The zero-order valence-electron chi connectivity index (χ0n) is 12.5.